The summed E-state index contributed by atoms with van der Waals surface area (Å²) in [6.45, 7) is 16.2. The highest BCUT2D eigenvalue weighted by Crippen LogP contribution is 2.59. The molecule has 7 nitrogen and oxygen atoms in total. The van der Waals surface area contributed by atoms with Crippen molar-refractivity contribution in [3.05, 3.63) is 0 Å². The lowest BCUT2D eigenvalue weighted by Crippen LogP contribution is -2.67. The SMILES string of the molecule is CO[Si](OC)(OC)C(C)(C)C(C)(C)C(C)(C)N(CCNC(C)=O)C(C)=O. The largest absolute Gasteiger partial charge is 0.506 e. The van der Waals surface area contributed by atoms with Crippen molar-refractivity contribution < 1.29 is 22.9 Å². The number of amides is 2. The highest BCUT2D eigenvalue weighted by molar-refractivity contribution is 6.64. The van der Waals surface area contributed by atoms with Crippen LogP contribution in [0, 0.1) is 5.41 Å². The van der Waals surface area contributed by atoms with Gasteiger partial charge in [-0.2, -0.15) is 0 Å². The molecule has 8 heteroatoms. The highest BCUT2D eigenvalue weighted by atomic mass is 28.4. The van der Waals surface area contributed by atoms with Crippen LogP contribution in [0.15, 0.2) is 0 Å². The first-order valence-electron chi connectivity index (χ1n) is 8.86. The molecule has 0 aliphatic heterocycles. The summed E-state index contributed by atoms with van der Waals surface area (Å²) >= 11 is 0. The van der Waals surface area contributed by atoms with Crippen LogP contribution in [0.3, 0.4) is 0 Å². The summed E-state index contributed by atoms with van der Waals surface area (Å²) in [6.07, 6.45) is 0. The van der Waals surface area contributed by atoms with E-state index in [0.29, 0.717) is 13.1 Å². The molecule has 0 heterocycles. The summed E-state index contributed by atoms with van der Waals surface area (Å²) in [5.74, 6) is -0.167. The molecule has 0 aromatic carbocycles. The maximum atomic E-state index is 12.4. The number of nitrogens with one attached hydrogen (secondary N) is 1. The molecule has 0 aliphatic carbocycles. The molecule has 0 bridgehead atoms. The smallest absolute Gasteiger partial charge is 0.377 e. The molecule has 0 atom stereocenters. The second-order valence-electron chi connectivity index (χ2n) is 8.13. The molecule has 0 unspecified atom stereocenters. The average molecular weight is 391 g/mol. The zero-order valence-electron chi connectivity index (χ0n) is 18.4. The Hall–Kier alpha value is -0.963. The van der Waals surface area contributed by atoms with E-state index in [4.69, 9.17) is 13.3 Å². The van der Waals surface area contributed by atoms with Crippen LogP contribution in [0.4, 0.5) is 0 Å². The van der Waals surface area contributed by atoms with Crippen molar-refractivity contribution in [1.29, 1.82) is 0 Å². The molecule has 0 saturated carbocycles. The van der Waals surface area contributed by atoms with E-state index in [0.717, 1.165) is 0 Å². The highest BCUT2D eigenvalue weighted by Gasteiger charge is 2.65. The molecule has 0 aromatic rings. The van der Waals surface area contributed by atoms with Gasteiger partial charge in [-0.1, -0.05) is 27.7 Å². The molecular weight excluding hydrogens is 352 g/mol. The Morgan fingerprint density at radius 2 is 1.35 bits per heavy atom. The van der Waals surface area contributed by atoms with E-state index < -0.39 is 24.8 Å². The van der Waals surface area contributed by atoms with Gasteiger partial charge in [0.15, 0.2) is 0 Å². The van der Waals surface area contributed by atoms with Crippen LogP contribution in [-0.4, -0.2) is 65.5 Å². The third-order valence-electron chi connectivity index (χ3n) is 6.43. The summed E-state index contributed by atoms with van der Waals surface area (Å²) < 4.78 is 17.3. The maximum Gasteiger partial charge on any atom is 0.506 e. The van der Waals surface area contributed by atoms with E-state index in [-0.39, 0.29) is 11.8 Å². The standard InChI is InChI=1S/C18H38N2O5Si/c1-14(21)19-12-13-20(15(2)22)17(5,6)16(3,4)18(7,8)26(23-9,24-10)25-11/h12-13H2,1-11H3,(H,19,21). The van der Waals surface area contributed by atoms with Gasteiger partial charge in [0.25, 0.3) is 0 Å². The Labute approximate surface area is 160 Å². The van der Waals surface area contributed by atoms with Crippen LogP contribution in [0.1, 0.15) is 55.4 Å². The lowest BCUT2D eigenvalue weighted by atomic mass is 9.65. The van der Waals surface area contributed by atoms with Gasteiger partial charge in [0.1, 0.15) is 0 Å². The van der Waals surface area contributed by atoms with Gasteiger partial charge >= 0.3 is 8.80 Å². The molecule has 0 aliphatic rings. The molecular formula is C18H38N2O5Si. The fraction of sp³-hybridized carbons (Fsp3) is 0.889. The van der Waals surface area contributed by atoms with Crippen LogP contribution < -0.4 is 5.32 Å². The monoisotopic (exact) mass is 390 g/mol. The minimum Gasteiger partial charge on any atom is -0.377 e. The lowest BCUT2D eigenvalue weighted by molar-refractivity contribution is -0.142. The molecule has 0 fully saturated rings. The first-order chi connectivity index (χ1) is 11.7. The molecule has 154 valence electrons. The van der Waals surface area contributed by atoms with Gasteiger partial charge in [-0.25, -0.2) is 0 Å². The van der Waals surface area contributed by atoms with Crippen molar-refractivity contribution in [2.45, 2.75) is 66.0 Å². The van der Waals surface area contributed by atoms with E-state index in [2.05, 4.69) is 33.0 Å². The molecule has 0 aromatic heterocycles. The van der Waals surface area contributed by atoms with Crippen LogP contribution in [0.5, 0.6) is 0 Å². The molecule has 2 amide bonds. The zero-order chi connectivity index (χ0) is 21.0. The summed E-state index contributed by atoms with van der Waals surface area (Å²) in [5.41, 5.74) is -1.01. The Kier molecular flexibility index (Phi) is 8.49. The van der Waals surface area contributed by atoms with Crippen molar-refractivity contribution in [2.24, 2.45) is 5.41 Å². The van der Waals surface area contributed by atoms with Gasteiger partial charge in [0, 0.05) is 58.8 Å². The quantitative estimate of drug-likeness (QED) is 0.580. The number of hydrogen-bond acceptors (Lipinski definition) is 5. The van der Waals surface area contributed by atoms with Crippen molar-refractivity contribution in [2.75, 3.05) is 34.4 Å². The van der Waals surface area contributed by atoms with Gasteiger partial charge in [-0.15, -0.1) is 0 Å². The normalized spacial score (nSPS) is 13.5. The van der Waals surface area contributed by atoms with Crippen LogP contribution >= 0.6 is 0 Å². The Morgan fingerprint density at radius 3 is 1.65 bits per heavy atom. The second-order valence-corrected chi connectivity index (χ2v) is 11.7. The van der Waals surface area contributed by atoms with Gasteiger partial charge < -0.3 is 23.5 Å². The van der Waals surface area contributed by atoms with E-state index in [1.54, 1.807) is 33.2 Å². The predicted octanol–water partition coefficient (Wildman–Crippen LogP) is 2.43. The molecule has 0 radical (unpaired) electrons. The van der Waals surface area contributed by atoms with E-state index in [1.165, 1.54) is 6.92 Å². The molecule has 0 spiro atoms. The fourth-order valence-corrected chi connectivity index (χ4v) is 6.78. The number of carbonyl (C=O) groups excluding carboxylic acids is 2. The van der Waals surface area contributed by atoms with E-state index in [1.807, 2.05) is 13.8 Å². The van der Waals surface area contributed by atoms with E-state index in [9.17, 15) is 9.59 Å². The molecule has 0 rings (SSSR count). The van der Waals surface area contributed by atoms with Crippen LogP contribution in [-0.2, 0) is 22.9 Å². The number of carbonyl (C=O) groups is 2. The van der Waals surface area contributed by atoms with Crippen molar-refractivity contribution in [1.82, 2.24) is 10.2 Å². The number of rotatable bonds is 10. The van der Waals surface area contributed by atoms with Crippen molar-refractivity contribution >= 4 is 20.6 Å². The van der Waals surface area contributed by atoms with Crippen LogP contribution in [0.2, 0.25) is 5.04 Å². The molecule has 1 N–H and O–H groups in total. The van der Waals surface area contributed by atoms with E-state index >= 15 is 0 Å². The second kappa shape index (κ2) is 8.82. The molecule has 26 heavy (non-hydrogen) atoms. The predicted molar refractivity (Wildman–Crippen MR) is 105 cm³/mol. The fourth-order valence-electron chi connectivity index (χ4n) is 3.67. The summed E-state index contributed by atoms with van der Waals surface area (Å²) in [6, 6.07) is 0. The Balaban J connectivity index is 6.00. The number of nitrogens with zero attached hydrogens (tertiary/aromatic N) is 1. The van der Waals surface area contributed by atoms with Crippen molar-refractivity contribution in [3.8, 4) is 0 Å². The first-order valence-corrected chi connectivity index (χ1v) is 10.6. The molecule has 0 saturated heterocycles. The maximum absolute atomic E-state index is 12.4. The Bertz CT molecular complexity index is 494. The average Bonchev–Trinajstić information content (AvgIpc) is 2.52. The topological polar surface area (TPSA) is 77.1 Å². The summed E-state index contributed by atoms with van der Waals surface area (Å²) in [7, 11) is 1.77. The minimum absolute atomic E-state index is 0.0521. The van der Waals surface area contributed by atoms with Crippen molar-refractivity contribution in [3.63, 3.8) is 0 Å². The first kappa shape index (κ1) is 25.0. The summed E-state index contributed by atoms with van der Waals surface area (Å²) in [4.78, 5) is 25.4. The Morgan fingerprint density at radius 1 is 0.923 bits per heavy atom. The summed E-state index contributed by atoms with van der Waals surface area (Å²) in [5, 5.41) is 2.25. The van der Waals surface area contributed by atoms with Crippen LogP contribution in [0.25, 0.3) is 0 Å². The minimum atomic E-state index is -3.03. The van der Waals surface area contributed by atoms with Gasteiger partial charge in [-0.3, -0.25) is 9.59 Å². The van der Waals surface area contributed by atoms with Gasteiger partial charge in [-0.05, 0) is 19.3 Å². The zero-order valence-corrected chi connectivity index (χ0v) is 19.4. The van der Waals surface area contributed by atoms with Gasteiger partial charge in [0.2, 0.25) is 11.8 Å². The third-order valence-corrected chi connectivity index (χ3v) is 10.2. The third kappa shape index (κ3) is 4.29. The number of hydrogen-bond donors (Lipinski definition) is 1. The van der Waals surface area contributed by atoms with Gasteiger partial charge in [0.05, 0.1) is 0 Å². The lowest BCUT2D eigenvalue weighted by Gasteiger charge is -2.58.